The number of fused-ring (bicyclic) bond motifs is 1. The molecule has 0 radical (unpaired) electrons. The lowest BCUT2D eigenvalue weighted by atomic mass is 10.1. The topological polar surface area (TPSA) is 113 Å². The SMILES string of the molecule is CN1CCN(Cc2ccnc(Nc3nc4ccc(C(=O)NC(=N)C5CCCC5)cc4[nH]3)c2)CC1. The molecule has 1 aromatic carbocycles. The summed E-state index contributed by atoms with van der Waals surface area (Å²) < 4.78 is 0. The zero-order chi connectivity index (χ0) is 23.5. The standard InChI is InChI=1S/C25H32N8O/c1-32-10-12-33(13-11-32)16-17-8-9-27-22(14-17)30-25-28-20-7-6-19(15-21(20)29-25)24(34)31-23(26)18-4-2-3-5-18/h6-9,14-15,18H,2-5,10-13,16H2,1H3,(H2,26,31,34)(H2,27,28,29,30). The summed E-state index contributed by atoms with van der Waals surface area (Å²) in [5.41, 5.74) is 3.24. The van der Waals surface area contributed by atoms with Gasteiger partial charge in [0.05, 0.1) is 11.0 Å². The number of H-pyrrole nitrogens is 1. The number of amidine groups is 1. The number of hydrogen-bond acceptors (Lipinski definition) is 7. The van der Waals surface area contributed by atoms with Crippen LogP contribution in [-0.4, -0.2) is 69.7 Å². The molecule has 0 atom stereocenters. The first-order chi connectivity index (χ1) is 16.5. The monoisotopic (exact) mass is 460 g/mol. The molecule has 9 nitrogen and oxygen atoms in total. The molecule has 1 saturated heterocycles. The summed E-state index contributed by atoms with van der Waals surface area (Å²) in [5.74, 6) is 1.57. The number of aromatic amines is 1. The number of benzene rings is 1. The number of nitrogens with one attached hydrogen (secondary N) is 4. The van der Waals surface area contributed by atoms with E-state index in [-0.39, 0.29) is 11.8 Å². The van der Waals surface area contributed by atoms with Crippen LogP contribution in [0.25, 0.3) is 11.0 Å². The molecule has 0 unspecified atom stereocenters. The van der Waals surface area contributed by atoms with Crippen LogP contribution in [0.2, 0.25) is 0 Å². The normalized spacial score (nSPS) is 17.8. The Bertz CT molecular complexity index is 1170. The maximum Gasteiger partial charge on any atom is 0.256 e. The van der Waals surface area contributed by atoms with Crippen LogP contribution < -0.4 is 10.6 Å². The molecule has 1 amide bonds. The molecule has 178 valence electrons. The molecule has 2 fully saturated rings. The van der Waals surface area contributed by atoms with Crippen LogP contribution in [0.1, 0.15) is 41.6 Å². The van der Waals surface area contributed by atoms with Gasteiger partial charge in [0.2, 0.25) is 5.95 Å². The van der Waals surface area contributed by atoms with Crippen molar-refractivity contribution in [2.45, 2.75) is 32.2 Å². The number of anilines is 2. The van der Waals surface area contributed by atoms with E-state index in [9.17, 15) is 4.79 Å². The number of piperazine rings is 1. The van der Waals surface area contributed by atoms with Gasteiger partial charge in [0, 0.05) is 50.4 Å². The third-order valence-corrected chi connectivity index (χ3v) is 6.83. The molecular formula is C25H32N8O. The Balaban J connectivity index is 1.24. The van der Waals surface area contributed by atoms with Crippen molar-refractivity contribution in [2.75, 3.05) is 38.5 Å². The zero-order valence-corrected chi connectivity index (χ0v) is 19.6. The van der Waals surface area contributed by atoms with Gasteiger partial charge in [0.15, 0.2) is 0 Å². The molecule has 3 heterocycles. The Hall–Kier alpha value is -3.30. The number of hydrogen-bond donors (Lipinski definition) is 4. The summed E-state index contributed by atoms with van der Waals surface area (Å²) >= 11 is 0. The summed E-state index contributed by atoms with van der Waals surface area (Å²) in [5, 5.41) is 14.2. The minimum Gasteiger partial charge on any atom is -0.324 e. The van der Waals surface area contributed by atoms with E-state index in [1.54, 1.807) is 12.1 Å². The largest absolute Gasteiger partial charge is 0.324 e. The molecule has 9 heteroatoms. The highest BCUT2D eigenvalue weighted by molar-refractivity contribution is 6.07. The Morgan fingerprint density at radius 3 is 2.74 bits per heavy atom. The Morgan fingerprint density at radius 1 is 1.15 bits per heavy atom. The molecule has 34 heavy (non-hydrogen) atoms. The number of nitrogens with zero attached hydrogens (tertiary/aromatic N) is 4. The molecule has 2 aromatic heterocycles. The van der Waals surface area contributed by atoms with E-state index in [0.717, 1.165) is 75.3 Å². The summed E-state index contributed by atoms with van der Waals surface area (Å²) in [6.07, 6.45) is 6.05. The average Bonchev–Trinajstić information content (AvgIpc) is 3.50. The second-order valence-electron chi connectivity index (χ2n) is 9.42. The highest BCUT2D eigenvalue weighted by Gasteiger charge is 2.22. The number of carbonyl (C=O) groups is 1. The summed E-state index contributed by atoms with van der Waals surface area (Å²) in [6.45, 7) is 5.23. The number of likely N-dealkylation sites (N-methyl/N-ethyl adjacent to an activating group) is 1. The summed E-state index contributed by atoms with van der Waals surface area (Å²) in [7, 11) is 2.16. The number of rotatable bonds is 6. The van der Waals surface area contributed by atoms with Gasteiger partial charge in [-0.15, -0.1) is 0 Å². The van der Waals surface area contributed by atoms with E-state index in [4.69, 9.17) is 5.41 Å². The first-order valence-corrected chi connectivity index (χ1v) is 12.1. The molecule has 1 aliphatic carbocycles. The smallest absolute Gasteiger partial charge is 0.256 e. The second-order valence-corrected chi connectivity index (χ2v) is 9.42. The van der Waals surface area contributed by atoms with Crippen LogP contribution in [0.15, 0.2) is 36.5 Å². The van der Waals surface area contributed by atoms with Gasteiger partial charge < -0.3 is 20.5 Å². The molecule has 5 rings (SSSR count). The Labute approximate surface area is 199 Å². The third kappa shape index (κ3) is 5.26. The third-order valence-electron chi connectivity index (χ3n) is 6.83. The van der Waals surface area contributed by atoms with Crippen molar-refractivity contribution in [3.8, 4) is 0 Å². The van der Waals surface area contributed by atoms with Crippen LogP contribution in [0.3, 0.4) is 0 Å². The highest BCUT2D eigenvalue weighted by atomic mass is 16.1. The highest BCUT2D eigenvalue weighted by Crippen LogP contribution is 2.25. The van der Waals surface area contributed by atoms with Gasteiger partial charge in [0.25, 0.3) is 5.91 Å². The lowest BCUT2D eigenvalue weighted by Gasteiger charge is -2.32. The van der Waals surface area contributed by atoms with Gasteiger partial charge in [-0.3, -0.25) is 15.1 Å². The maximum absolute atomic E-state index is 12.7. The van der Waals surface area contributed by atoms with Crippen LogP contribution in [0.5, 0.6) is 0 Å². The lowest BCUT2D eigenvalue weighted by Crippen LogP contribution is -2.43. The Kier molecular flexibility index (Phi) is 6.55. The number of imidazole rings is 1. The van der Waals surface area contributed by atoms with Crippen molar-refractivity contribution >= 4 is 34.5 Å². The van der Waals surface area contributed by atoms with Crippen molar-refractivity contribution in [3.05, 3.63) is 47.7 Å². The first-order valence-electron chi connectivity index (χ1n) is 12.1. The molecule has 4 N–H and O–H groups in total. The summed E-state index contributed by atoms with van der Waals surface area (Å²) in [6, 6.07) is 9.46. The fourth-order valence-corrected chi connectivity index (χ4v) is 4.75. The van der Waals surface area contributed by atoms with Gasteiger partial charge >= 0.3 is 0 Å². The van der Waals surface area contributed by atoms with E-state index in [0.29, 0.717) is 17.3 Å². The van der Waals surface area contributed by atoms with E-state index < -0.39 is 0 Å². The predicted octanol–water partition coefficient (Wildman–Crippen LogP) is 3.35. The fourth-order valence-electron chi connectivity index (χ4n) is 4.75. The van der Waals surface area contributed by atoms with Gasteiger partial charge in [-0.05, 0) is 55.8 Å². The van der Waals surface area contributed by atoms with E-state index >= 15 is 0 Å². The van der Waals surface area contributed by atoms with E-state index in [1.807, 2.05) is 12.3 Å². The van der Waals surface area contributed by atoms with Gasteiger partial charge in [0.1, 0.15) is 11.7 Å². The van der Waals surface area contributed by atoms with E-state index in [1.165, 1.54) is 5.56 Å². The van der Waals surface area contributed by atoms with Crippen LogP contribution in [-0.2, 0) is 6.54 Å². The average molecular weight is 461 g/mol. The van der Waals surface area contributed by atoms with Gasteiger partial charge in [-0.2, -0.15) is 0 Å². The van der Waals surface area contributed by atoms with Gasteiger partial charge in [-0.25, -0.2) is 9.97 Å². The molecule has 1 aliphatic heterocycles. The number of amides is 1. The zero-order valence-electron chi connectivity index (χ0n) is 19.6. The van der Waals surface area contributed by atoms with Crippen molar-refractivity contribution < 1.29 is 4.79 Å². The summed E-state index contributed by atoms with van der Waals surface area (Å²) in [4.78, 5) is 29.7. The van der Waals surface area contributed by atoms with Crippen molar-refractivity contribution in [1.29, 1.82) is 5.41 Å². The van der Waals surface area contributed by atoms with Crippen molar-refractivity contribution in [3.63, 3.8) is 0 Å². The Morgan fingerprint density at radius 2 is 1.94 bits per heavy atom. The van der Waals surface area contributed by atoms with Crippen LogP contribution >= 0.6 is 0 Å². The number of pyridine rings is 1. The molecular weight excluding hydrogens is 428 g/mol. The minimum atomic E-state index is -0.249. The fraction of sp³-hybridized carbons (Fsp3) is 0.440. The first kappa shape index (κ1) is 22.5. The van der Waals surface area contributed by atoms with Crippen LogP contribution in [0, 0.1) is 11.3 Å². The van der Waals surface area contributed by atoms with E-state index in [2.05, 4.69) is 54.6 Å². The molecule has 1 saturated carbocycles. The second kappa shape index (κ2) is 9.90. The van der Waals surface area contributed by atoms with Crippen molar-refractivity contribution in [1.82, 2.24) is 30.1 Å². The number of carbonyl (C=O) groups excluding carboxylic acids is 1. The predicted molar refractivity (Wildman–Crippen MR) is 134 cm³/mol. The molecule has 0 spiro atoms. The van der Waals surface area contributed by atoms with Gasteiger partial charge in [-0.1, -0.05) is 12.8 Å². The molecule has 2 aliphatic rings. The molecule has 0 bridgehead atoms. The molecule has 3 aromatic rings. The maximum atomic E-state index is 12.7. The minimum absolute atomic E-state index is 0.176. The number of aromatic nitrogens is 3. The van der Waals surface area contributed by atoms with Crippen molar-refractivity contribution in [2.24, 2.45) is 5.92 Å². The van der Waals surface area contributed by atoms with Crippen LogP contribution in [0.4, 0.5) is 11.8 Å². The quantitative estimate of drug-likeness (QED) is 0.331. The lowest BCUT2D eigenvalue weighted by molar-refractivity contribution is 0.0975.